The van der Waals surface area contributed by atoms with E-state index in [1.165, 1.54) is 116 Å². The molecule has 168 valence electrons. The van der Waals surface area contributed by atoms with Gasteiger partial charge in [0.25, 0.3) is 0 Å². The summed E-state index contributed by atoms with van der Waals surface area (Å²) in [6.07, 6.45) is 26.8. The van der Waals surface area contributed by atoms with Gasteiger partial charge in [0.1, 0.15) is 0 Å². The zero-order chi connectivity index (χ0) is 20.5. The van der Waals surface area contributed by atoms with E-state index in [1.807, 2.05) is 0 Å². The molecule has 3 heteroatoms. The van der Waals surface area contributed by atoms with Gasteiger partial charge >= 0.3 is 5.24 Å². The third-order valence-electron chi connectivity index (χ3n) is 5.44. The van der Waals surface area contributed by atoms with Crippen LogP contribution in [-0.4, -0.2) is 18.5 Å². The van der Waals surface area contributed by atoms with E-state index in [1.54, 1.807) is 0 Å². The largest absolute Gasteiger partial charge is 0.457 e. The van der Waals surface area contributed by atoms with Crippen molar-refractivity contribution in [2.75, 3.05) is 13.2 Å². The van der Waals surface area contributed by atoms with Gasteiger partial charge in [0.05, 0.1) is 13.2 Å². The summed E-state index contributed by atoms with van der Waals surface area (Å²) in [7, 11) is 0. The monoisotopic (exact) mass is 414 g/mol. The molecule has 0 bridgehead atoms. The van der Waals surface area contributed by atoms with Gasteiger partial charge in [-0.3, -0.25) is 0 Å². The molecule has 0 fully saturated rings. The van der Waals surface area contributed by atoms with Crippen LogP contribution >= 0.6 is 12.2 Å². The molecule has 0 amide bonds. The van der Waals surface area contributed by atoms with E-state index >= 15 is 0 Å². The molecule has 0 heterocycles. The first-order valence-electron chi connectivity index (χ1n) is 12.6. The summed E-state index contributed by atoms with van der Waals surface area (Å²) in [6.45, 7) is 5.98. The van der Waals surface area contributed by atoms with Crippen LogP contribution in [0.5, 0.6) is 0 Å². The molecule has 0 aromatic heterocycles. The Hall–Kier alpha value is -0.310. The van der Waals surface area contributed by atoms with Gasteiger partial charge < -0.3 is 9.47 Å². The first kappa shape index (κ1) is 27.7. The van der Waals surface area contributed by atoms with Gasteiger partial charge in [0.15, 0.2) is 0 Å². The van der Waals surface area contributed by atoms with E-state index in [2.05, 4.69) is 13.8 Å². The molecule has 0 atom stereocenters. The van der Waals surface area contributed by atoms with Crippen LogP contribution < -0.4 is 0 Å². The van der Waals surface area contributed by atoms with Gasteiger partial charge in [-0.15, -0.1) is 0 Å². The summed E-state index contributed by atoms with van der Waals surface area (Å²) in [5.74, 6) is 0. The Balaban J connectivity index is 3.13. The molecule has 0 aromatic carbocycles. The summed E-state index contributed by atoms with van der Waals surface area (Å²) >= 11 is 5.15. The molecule has 0 aromatic rings. The molecule has 0 saturated carbocycles. The minimum atomic E-state index is 0.354. The number of hydrogen-bond acceptors (Lipinski definition) is 3. The van der Waals surface area contributed by atoms with E-state index in [-0.39, 0.29) is 0 Å². The fourth-order valence-electron chi connectivity index (χ4n) is 3.53. The summed E-state index contributed by atoms with van der Waals surface area (Å²) < 4.78 is 11.0. The second-order valence-corrected chi connectivity index (χ2v) is 8.64. The van der Waals surface area contributed by atoms with Crippen LogP contribution in [0.4, 0.5) is 0 Å². The smallest absolute Gasteiger partial charge is 0.352 e. The predicted molar refractivity (Wildman–Crippen MR) is 128 cm³/mol. The van der Waals surface area contributed by atoms with Crippen molar-refractivity contribution in [2.45, 2.75) is 142 Å². The average Bonchev–Trinajstić information content (AvgIpc) is 2.70. The van der Waals surface area contributed by atoms with Crippen molar-refractivity contribution < 1.29 is 9.47 Å². The molecule has 0 aliphatic heterocycles. The first-order chi connectivity index (χ1) is 13.8. The predicted octanol–water partition coefficient (Wildman–Crippen LogP) is 9.15. The highest BCUT2D eigenvalue weighted by Crippen LogP contribution is 2.12. The van der Waals surface area contributed by atoms with Crippen molar-refractivity contribution in [3.8, 4) is 0 Å². The Morgan fingerprint density at radius 2 is 0.679 bits per heavy atom. The maximum absolute atomic E-state index is 5.52. The van der Waals surface area contributed by atoms with Crippen LogP contribution in [0.1, 0.15) is 142 Å². The standard InChI is InChI=1S/C25H50O2S/c1-3-5-7-9-11-13-15-17-19-21-23-26-25(28)27-24-22-20-18-16-14-12-10-8-6-4-2/h3-24H2,1-2H3. The van der Waals surface area contributed by atoms with Crippen molar-refractivity contribution in [3.63, 3.8) is 0 Å². The van der Waals surface area contributed by atoms with Crippen molar-refractivity contribution >= 4 is 17.5 Å². The SMILES string of the molecule is CCCCCCCCCCCCOC(=S)OCCCCCCCCCCCC. The Labute approximate surface area is 182 Å². The lowest BCUT2D eigenvalue weighted by atomic mass is 10.1. The van der Waals surface area contributed by atoms with Gasteiger partial charge in [0, 0.05) is 12.2 Å². The number of rotatable bonds is 22. The topological polar surface area (TPSA) is 18.5 Å². The van der Waals surface area contributed by atoms with Crippen LogP contribution in [0.2, 0.25) is 0 Å². The summed E-state index contributed by atoms with van der Waals surface area (Å²) in [4.78, 5) is 0. The number of hydrogen-bond donors (Lipinski definition) is 0. The van der Waals surface area contributed by atoms with Crippen LogP contribution in [0, 0.1) is 0 Å². The Kier molecular flexibility index (Phi) is 24.5. The van der Waals surface area contributed by atoms with E-state index in [0.29, 0.717) is 18.5 Å². The van der Waals surface area contributed by atoms with Crippen LogP contribution in [0.3, 0.4) is 0 Å². The molecule has 0 rings (SSSR count). The lowest BCUT2D eigenvalue weighted by molar-refractivity contribution is 0.171. The quantitative estimate of drug-likeness (QED) is 0.130. The molecule has 0 radical (unpaired) electrons. The normalized spacial score (nSPS) is 10.9. The number of ether oxygens (including phenoxy) is 2. The molecule has 0 saturated heterocycles. The van der Waals surface area contributed by atoms with Crippen molar-refractivity contribution in [1.82, 2.24) is 0 Å². The summed E-state index contributed by atoms with van der Waals surface area (Å²) in [5, 5.41) is 0.354. The average molecular weight is 415 g/mol. The Morgan fingerprint density at radius 1 is 0.429 bits per heavy atom. The molecular formula is C25H50O2S. The van der Waals surface area contributed by atoms with Crippen LogP contribution in [-0.2, 0) is 9.47 Å². The van der Waals surface area contributed by atoms with E-state index < -0.39 is 0 Å². The number of unbranched alkanes of at least 4 members (excludes halogenated alkanes) is 18. The zero-order valence-electron chi connectivity index (χ0n) is 19.3. The fraction of sp³-hybridized carbons (Fsp3) is 0.960. The Bertz CT molecular complexity index is 279. The van der Waals surface area contributed by atoms with E-state index in [4.69, 9.17) is 21.7 Å². The van der Waals surface area contributed by atoms with Gasteiger partial charge in [-0.1, -0.05) is 129 Å². The highest BCUT2D eigenvalue weighted by molar-refractivity contribution is 7.79. The second kappa shape index (κ2) is 24.7. The maximum Gasteiger partial charge on any atom is 0.352 e. The third-order valence-corrected chi connectivity index (χ3v) is 5.67. The van der Waals surface area contributed by atoms with E-state index in [9.17, 15) is 0 Å². The first-order valence-corrected chi connectivity index (χ1v) is 13.0. The maximum atomic E-state index is 5.52. The van der Waals surface area contributed by atoms with Crippen molar-refractivity contribution in [3.05, 3.63) is 0 Å². The van der Waals surface area contributed by atoms with E-state index in [0.717, 1.165) is 12.8 Å². The fourth-order valence-corrected chi connectivity index (χ4v) is 3.70. The Morgan fingerprint density at radius 3 is 0.964 bits per heavy atom. The van der Waals surface area contributed by atoms with Crippen LogP contribution in [0.15, 0.2) is 0 Å². The minimum absolute atomic E-state index is 0.354. The van der Waals surface area contributed by atoms with Crippen molar-refractivity contribution in [2.24, 2.45) is 0 Å². The third kappa shape index (κ3) is 23.7. The highest BCUT2D eigenvalue weighted by Gasteiger charge is 1.99. The number of thiocarbonyl (C=S) groups is 1. The highest BCUT2D eigenvalue weighted by atomic mass is 32.1. The molecule has 0 spiro atoms. The van der Waals surface area contributed by atoms with Gasteiger partial charge in [-0.05, 0) is 12.8 Å². The second-order valence-electron chi connectivity index (χ2n) is 8.31. The minimum Gasteiger partial charge on any atom is -0.457 e. The van der Waals surface area contributed by atoms with Gasteiger partial charge in [0.2, 0.25) is 0 Å². The van der Waals surface area contributed by atoms with Gasteiger partial charge in [-0.25, -0.2) is 0 Å². The molecule has 0 aliphatic rings. The summed E-state index contributed by atoms with van der Waals surface area (Å²) in [6, 6.07) is 0. The molecular weight excluding hydrogens is 364 g/mol. The molecule has 0 aliphatic carbocycles. The van der Waals surface area contributed by atoms with Crippen LogP contribution in [0.25, 0.3) is 0 Å². The van der Waals surface area contributed by atoms with Gasteiger partial charge in [-0.2, -0.15) is 0 Å². The summed E-state index contributed by atoms with van der Waals surface area (Å²) in [5.41, 5.74) is 0. The molecule has 0 N–H and O–H groups in total. The molecule has 2 nitrogen and oxygen atoms in total. The lowest BCUT2D eigenvalue weighted by Crippen LogP contribution is -2.09. The van der Waals surface area contributed by atoms with Crippen molar-refractivity contribution in [1.29, 1.82) is 0 Å². The lowest BCUT2D eigenvalue weighted by Gasteiger charge is -2.09. The molecule has 0 unspecified atom stereocenters. The zero-order valence-corrected chi connectivity index (χ0v) is 20.1. The molecule has 28 heavy (non-hydrogen) atoms.